The van der Waals surface area contributed by atoms with Gasteiger partial charge in [-0.25, -0.2) is 0 Å². The first-order valence-electron chi connectivity index (χ1n) is 11.6. The van der Waals surface area contributed by atoms with Crippen molar-refractivity contribution < 1.29 is 9.59 Å². The quantitative estimate of drug-likeness (QED) is 0.476. The Morgan fingerprint density at radius 3 is 2.55 bits per heavy atom. The Bertz CT molecular complexity index is 1160. The highest BCUT2D eigenvalue weighted by molar-refractivity contribution is 7.10. The number of nitrogens with zero attached hydrogens (tertiary/aromatic N) is 2. The maximum Gasteiger partial charge on any atom is 0.247 e. The van der Waals surface area contributed by atoms with E-state index in [1.165, 1.54) is 16.0 Å². The van der Waals surface area contributed by atoms with Crippen LogP contribution >= 0.6 is 11.3 Å². The Balaban J connectivity index is 1.37. The molecule has 2 aromatic carbocycles. The van der Waals surface area contributed by atoms with Gasteiger partial charge in [-0.1, -0.05) is 60.2 Å². The van der Waals surface area contributed by atoms with E-state index in [0.29, 0.717) is 6.54 Å². The van der Waals surface area contributed by atoms with Crippen LogP contribution in [-0.2, 0) is 16.0 Å². The summed E-state index contributed by atoms with van der Waals surface area (Å²) in [5.74, 6) is -0.0689. The summed E-state index contributed by atoms with van der Waals surface area (Å²) in [7, 11) is 0. The van der Waals surface area contributed by atoms with Gasteiger partial charge >= 0.3 is 0 Å². The van der Waals surface area contributed by atoms with Crippen LogP contribution in [0.15, 0.2) is 72.1 Å². The second kappa shape index (κ2) is 9.36. The summed E-state index contributed by atoms with van der Waals surface area (Å²) in [6, 6.07) is 20.5. The number of hydrogen-bond acceptors (Lipinski definition) is 3. The van der Waals surface area contributed by atoms with Crippen LogP contribution in [0.3, 0.4) is 0 Å². The van der Waals surface area contributed by atoms with Crippen LogP contribution in [0, 0.1) is 6.92 Å². The topological polar surface area (TPSA) is 40.6 Å². The average molecular weight is 457 g/mol. The molecule has 0 N–H and O–H groups in total. The molecule has 4 nitrogen and oxygen atoms in total. The van der Waals surface area contributed by atoms with Crippen LogP contribution in [0.1, 0.15) is 46.0 Å². The van der Waals surface area contributed by atoms with Gasteiger partial charge in [0, 0.05) is 23.5 Å². The van der Waals surface area contributed by atoms with E-state index in [0.717, 1.165) is 30.4 Å². The molecule has 0 bridgehead atoms. The molecule has 1 fully saturated rings. The molecule has 168 valence electrons. The fourth-order valence-electron chi connectivity index (χ4n) is 4.53. The Hall–Kier alpha value is -3.18. The van der Waals surface area contributed by atoms with E-state index in [1.54, 1.807) is 22.3 Å². The number of fused-ring (bicyclic) bond motifs is 1. The van der Waals surface area contributed by atoms with Crippen LogP contribution < -0.4 is 0 Å². The van der Waals surface area contributed by atoms with E-state index in [4.69, 9.17) is 0 Å². The summed E-state index contributed by atoms with van der Waals surface area (Å²) in [4.78, 5) is 31.7. The third-order valence-corrected chi connectivity index (χ3v) is 7.47. The van der Waals surface area contributed by atoms with Gasteiger partial charge in [0.1, 0.15) is 6.54 Å². The smallest absolute Gasteiger partial charge is 0.247 e. The SMILES string of the molecule is Cc1ccc(C2c3ccsc3CCN2C(=O)CN(C(=O)C=Cc2ccccc2)C2CC2)cc1. The van der Waals surface area contributed by atoms with Crippen molar-refractivity contribution in [2.45, 2.75) is 38.3 Å². The molecule has 1 aromatic heterocycles. The zero-order valence-electron chi connectivity index (χ0n) is 18.8. The summed E-state index contributed by atoms with van der Waals surface area (Å²) in [5, 5.41) is 2.12. The van der Waals surface area contributed by atoms with E-state index in [1.807, 2.05) is 41.3 Å². The molecule has 33 heavy (non-hydrogen) atoms. The molecule has 2 aliphatic rings. The number of benzene rings is 2. The average Bonchev–Trinajstić information content (AvgIpc) is 3.57. The molecule has 5 rings (SSSR count). The molecular weight excluding hydrogens is 428 g/mol. The first-order chi connectivity index (χ1) is 16.1. The lowest BCUT2D eigenvalue weighted by atomic mass is 9.92. The third-order valence-electron chi connectivity index (χ3n) is 6.47. The van der Waals surface area contributed by atoms with E-state index in [9.17, 15) is 9.59 Å². The molecule has 1 atom stereocenters. The molecule has 3 aromatic rings. The van der Waals surface area contributed by atoms with Gasteiger partial charge in [-0.2, -0.15) is 0 Å². The van der Waals surface area contributed by atoms with Crippen molar-refractivity contribution in [3.05, 3.63) is 99.3 Å². The first-order valence-corrected chi connectivity index (χ1v) is 12.4. The molecule has 1 aliphatic carbocycles. The molecule has 1 aliphatic heterocycles. The fraction of sp³-hybridized carbons (Fsp3) is 0.286. The summed E-state index contributed by atoms with van der Waals surface area (Å²) >= 11 is 1.77. The fourth-order valence-corrected chi connectivity index (χ4v) is 5.43. The van der Waals surface area contributed by atoms with Gasteiger partial charge in [0.15, 0.2) is 0 Å². The summed E-state index contributed by atoms with van der Waals surface area (Å²) in [6.07, 6.45) is 6.23. The summed E-state index contributed by atoms with van der Waals surface area (Å²) in [6.45, 7) is 2.88. The molecule has 0 radical (unpaired) electrons. The standard InChI is InChI=1S/C28H28N2O2S/c1-20-7-10-22(11-8-20)28-24-16-18-33-25(24)15-17-29(28)27(32)19-30(23-12-13-23)26(31)14-9-21-5-3-2-4-6-21/h2-11,14,16,18,23,28H,12-13,15,17,19H2,1H3. The number of hydrogen-bond donors (Lipinski definition) is 0. The van der Waals surface area contributed by atoms with Gasteiger partial charge in [0.2, 0.25) is 11.8 Å². The Morgan fingerprint density at radius 1 is 1.06 bits per heavy atom. The normalized spacial score (nSPS) is 17.7. The van der Waals surface area contributed by atoms with Crippen molar-refractivity contribution in [2.75, 3.05) is 13.1 Å². The Kier molecular flexibility index (Phi) is 6.14. The predicted octanol–water partition coefficient (Wildman–Crippen LogP) is 5.24. The van der Waals surface area contributed by atoms with Crippen molar-refractivity contribution in [2.24, 2.45) is 0 Å². The maximum absolute atomic E-state index is 13.6. The van der Waals surface area contributed by atoms with Crippen LogP contribution in [-0.4, -0.2) is 40.7 Å². The lowest BCUT2D eigenvalue weighted by Gasteiger charge is -2.37. The van der Waals surface area contributed by atoms with Gasteiger partial charge in [-0.05, 0) is 60.4 Å². The van der Waals surface area contributed by atoms with Crippen LogP contribution in [0.4, 0.5) is 0 Å². The first kappa shape index (κ1) is 21.7. The molecule has 0 saturated heterocycles. The zero-order valence-corrected chi connectivity index (χ0v) is 19.6. The van der Waals surface area contributed by atoms with Gasteiger partial charge in [-0.15, -0.1) is 11.3 Å². The van der Waals surface area contributed by atoms with Crippen molar-refractivity contribution in [3.8, 4) is 0 Å². The number of aryl methyl sites for hydroxylation is 1. The summed E-state index contributed by atoms with van der Waals surface area (Å²) < 4.78 is 0. The second-order valence-electron chi connectivity index (χ2n) is 8.89. The molecular formula is C28H28N2O2S. The highest BCUT2D eigenvalue weighted by Gasteiger charge is 2.37. The minimum absolute atomic E-state index is 0.0192. The molecule has 2 amide bonds. The number of amides is 2. The van der Waals surface area contributed by atoms with Crippen molar-refractivity contribution >= 4 is 29.2 Å². The number of carbonyl (C=O) groups excluding carboxylic acids is 2. The molecule has 2 heterocycles. The Labute approximate surface area is 199 Å². The predicted molar refractivity (Wildman–Crippen MR) is 133 cm³/mol. The molecule has 1 unspecified atom stereocenters. The largest absolute Gasteiger partial charge is 0.330 e. The highest BCUT2D eigenvalue weighted by atomic mass is 32.1. The molecule has 1 saturated carbocycles. The van der Waals surface area contributed by atoms with Gasteiger partial charge in [0.25, 0.3) is 0 Å². The lowest BCUT2D eigenvalue weighted by Crippen LogP contribution is -2.47. The summed E-state index contributed by atoms with van der Waals surface area (Å²) in [5.41, 5.74) is 4.53. The molecule has 5 heteroatoms. The van der Waals surface area contributed by atoms with E-state index >= 15 is 0 Å². The van der Waals surface area contributed by atoms with E-state index < -0.39 is 0 Å². The Morgan fingerprint density at radius 2 is 1.82 bits per heavy atom. The lowest BCUT2D eigenvalue weighted by molar-refractivity contribution is -0.140. The monoisotopic (exact) mass is 456 g/mol. The van der Waals surface area contributed by atoms with Crippen LogP contribution in [0.2, 0.25) is 0 Å². The van der Waals surface area contributed by atoms with Crippen LogP contribution in [0.5, 0.6) is 0 Å². The van der Waals surface area contributed by atoms with Crippen molar-refractivity contribution in [1.29, 1.82) is 0 Å². The number of thiophene rings is 1. The zero-order chi connectivity index (χ0) is 22.8. The number of rotatable bonds is 6. The molecule has 0 spiro atoms. The number of carbonyl (C=O) groups is 2. The van der Waals surface area contributed by atoms with Crippen molar-refractivity contribution in [3.63, 3.8) is 0 Å². The van der Waals surface area contributed by atoms with E-state index in [-0.39, 0.29) is 30.4 Å². The highest BCUT2D eigenvalue weighted by Crippen LogP contribution is 2.38. The third kappa shape index (κ3) is 4.79. The van der Waals surface area contributed by atoms with Crippen molar-refractivity contribution in [1.82, 2.24) is 9.80 Å². The van der Waals surface area contributed by atoms with Crippen LogP contribution in [0.25, 0.3) is 6.08 Å². The second-order valence-corrected chi connectivity index (χ2v) is 9.89. The minimum Gasteiger partial charge on any atom is -0.330 e. The van der Waals surface area contributed by atoms with Gasteiger partial charge in [0.05, 0.1) is 6.04 Å². The van der Waals surface area contributed by atoms with Gasteiger partial charge in [-0.3, -0.25) is 9.59 Å². The van der Waals surface area contributed by atoms with E-state index in [2.05, 4.69) is 42.6 Å². The minimum atomic E-state index is -0.0934. The van der Waals surface area contributed by atoms with Gasteiger partial charge < -0.3 is 9.80 Å². The maximum atomic E-state index is 13.6.